The molecule has 0 bridgehead atoms. The number of aryl methyl sites for hydroxylation is 2. The lowest BCUT2D eigenvalue weighted by Crippen LogP contribution is -2.16. The fourth-order valence-electron chi connectivity index (χ4n) is 3.35. The molecule has 29 heavy (non-hydrogen) atoms. The number of carbonyl (C=O) groups is 2. The Bertz CT molecular complexity index is 1100. The van der Waals surface area contributed by atoms with Crippen molar-refractivity contribution in [2.24, 2.45) is 7.05 Å². The Hall–Kier alpha value is -2.86. The van der Waals surface area contributed by atoms with Crippen LogP contribution in [0.1, 0.15) is 49.1 Å². The van der Waals surface area contributed by atoms with Gasteiger partial charge in [0.05, 0.1) is 17.9 Å². The third kappa shape index (κ3) is 4.12. The minimum atomic E-state index is -0.552. The molecule has 0 unspecified atom stereocenters. The molecule has 0 N–H and O–H groups in total. The molecule has 0 saturated carbocycles. The van der Waals surface area contributed by atoms with Crippen LogP contribution < -0.4 is 0 Å². The van der Waals surface area contributed by atoms with Crippen molar-refractivity contribution in [3.63, 3.8) is 0 Å². The van der Waals surface area contributed by atoms with Gasteiger partial charge in [0.25, 0.3) is 0 Å². The number of ether oxygens (including phenoxy) is 1. The molecule has 0 radical (unpaired) electrons. The van der Waals surface area contributed by atoms with Gasteiger partial charge in [-0.2, -0.15) is 5.10 Å². The summed E-state index contributed by atoms with van der Waals surface area (Å²) in [6, 6.07) is 9.31. The van der Waals surface area contributed by atoms with Crippen LogP contribution in [-0.2, 0) is 18.3 Å². The molecule has 3 aromatic rings. The molecule has 6 nitrogen and oxygen atoms in total. The predicted molar refractivity (Wildman–Crippen MR) is 112 cm³/mol. The molecule has 0 amide bonds. The van der Waals surface area contributed by atoms with E-state index in [1.165, 1.54) is 0 Å². The maximum absolute atomic E-state index is 12.7. The van der Waals surface area contributed by atoms with Crippen molar-refractivity contribution < 1.29 is 14.3 Å². The van der Waals surface area contributed by atoms with E-state index in [4.69, 9.17) is 16.3 Å². The summed E-state index contributed by atoms with van der Waals surface area (Å²) in [6.45, 7) is 7.49. The largest absolute Gasteiger partial charge is 0.454 e. The molecule has 7 heteroatoms. The molecule has 3 rings (SSSR count). The van der Waals surface area contributed by atoms with Gasteiger partial charge in [0.15, 0.2) is 6.61 Å². The molecule has 0 aliphatic rings. The number of nitrogens with zero attached hydrogens (tertiary/aromatic N) is 3. The molecule has 0 spiro atoms. The summed E-state index contributed by atoms with van der Waals surface area (Å²) >= 11 is 6.23. The van der Waals surface area contributed by atoms with E-state index in [0.29, 0.717) is 34.1 Å². The summed E-state index contributed by atoms with van der Waals surface area (Å²) in [6.07, 6.45) is 0. The van der Waals surface area contributed by atoms with E-state index < -0.39 is 5.97 Å². The van der Waals surface area contributed by atoms with Gasteiger partial charge >= 0.3 is 5.97 Å². The Kier molecular flexibility index (Phi) is 5.94. The molecule has 0 saturated heterocycles. The first-order valence-corrected chi connectivity index (χ1v) is 9.69. The van der Waals surface area contributed by atoms with E-state index in [2.05, 4.69) is 5.10 Å². The first kappa shape index (κ1) is 20.9. The number of ketones is 1. The number of hydrogen-bond donors (Lipinski definition) is 0. The van der Waals surface area contributed by atoms with E-state index in [-0.39, 0.29) is 12.4 Å². The molecule has 0 aliphatic heterocycles. The molecule has 2 aromatic heterocycles. The van der Waals surface area contributed by atoms with Crippen molar-refractivity contribution in [3.8, 4) is 0 Å². The van der Waals surface area contributed by atoms with Gasteiger partial charge < -0.3 is 9.30 Å². The van der Waals surface area contributed by atoms with Gasteiger partial charge in [-0.05, 0) is 45.4 Å². The first-order chi connectivity index (χ1) is 13.7. The van der Waals surface area contributed by atoms with Crippen LogP contribution in [0.3, 0.4) is 0 Å². The summed E-state index contributed by atoms with van der Waals surface area (Å²) in [5, 5.41) is 5.09. The molecule has 0 fully saturated rings. The summed E-state index contributed by atoms with van der Waals surface area (Å²) < 4.78 is 8.97. The van der Waals surface area contributed by atoms with Crippen molar-refractivity contribution >= 4 is 23.4 Å². The van der Waals surface area contributed by atoms with E-state index in [1.807, 2.05) is 55.8 Å². The molecule has 0 atom stereocenters. The quantitative estimate of drug-likeness (QED) is 0.448. The highest BCUT2D eigenvalue weighted by molar-refractivity contribution is 6.31. The number of halogens is 1. The minimum absolute atomic E-state index is 0.224. The van der Waals surface area contributed by atoms with Crippen molar-refractivity contribution in [2.45, 2.75) is 34.2 Å². The zero-order valence-corrected chi connectivity index (χ0v) is 18.0. The van der Waals surface area contributed by atoms with Gasteiger partial charge in [0.1, 0.15) is 5.56 Å². The third-order valence-electron chi connectivity index (χ3n) is 5.27. The average molecular weight is 414 g/mol. The Morgan fingerprint density at radius 3 is 2.41 bits per heavy atom. The highest BCUT2D eigenvalue weighted by Gasteiger charge is 2.22. The van der Waals surface area contributed by atoms with Crippen LogP contribution in [-0.4, -0.2) is 32.7 Å². The number of Topliss-reactive ketones (excluding diaryl/α,β-unsaturated/α-hetero) is 1. The Balaban J connectivity index is 1.74. The third-order valence-corrected chi connectivity index (χ3v) is 5.64. The van der Waals surface area contributed by atoms with Gasteiger partial charge in [0.2, 0.25) is 5.78 Å². The molecule has 152 valence electrons. The minimum Gasteiger partial charge on any atom is -0.454 e. The summed E-state index contributed by atoms with van der Waals surface area (Å²) in [5.74, 6) is -0.776. The Labute approximate surface area is 175 Å². The van der Waals surface area contributed by atoms with Crippen LogP contribution in [0.5, 0.6) is 0 Å². The number of rotatable bonds is 6. The zero-order chi connectivity index (χ0) is 21.3. The van der Waals surface area contributed by atoms with Crippen LogP contribution in [0.4, 0.5) is 0 Å². The topological polar surface area (TPSA) is 66.1 Å². The fraction of sp³-hybridized carbons (Fsp3) is 0.318. The fourth-order valence-corrected chi connectivity index (χ4v) is 3.55. The van der Waals surface area contributed by atoms with Gasteiger partial charge in [-0.25, -0.2) is 4.79 Å². The van der Waals surface area contributed by atoms with Gasteiger partial charge in [-0.1, -0.05) is 29.8 Å². The molecule has 2 heterocycles. The van der Waals surface area contributed by atoms with E-state index in [0.717, 1.165) is 17.0 Å². The standard InChI is InChI=1S/C22H24ClN3O3/c1-13-10-18(15(3)25(13)5)20(27)12-29-22(28)21-14(2)24-26(16(21)4)11-17-8-6-7-9-19(17)23/h6-10H,11-12H2,1-5H3. The SMILES string of the molecule is Cc1nn(Cc2ccccc2Cl)c(C)c1C(=O)OCC(=O)c1cc(C)n(C)c1C. The van der Waals surface area contributed by atoms with Gasteiger partial charge in [0, 0.05) is 29.0 Å². The maximum atomic E-state index is 12.7. The normalized spacial score (nSPS) is 11.0. The van der Waals surface area contributed by atoms with E-state index >= 15 is 0 Å². The van der Waals surface area contributed by atoms with Crippen LogP contribution in [0.15, 0.2) is 30.3 Å². The monoisotopic (exact) mass is 413 g/mol. The van der Waals surface area contributed by atoms with Crippen LogP contribution in [0.2, 0.25) is 5.02 Å². The molecule has 1 aromatic carbocycles. The molecular weight excluding hydrogens is 390 g/mol. The number of hydrogen-bond acceptors (Lipinski definition) is 4. The average Bonchev–Trinajstić information content (AvgIpc) is 3.11. The highest BCUT2D eigenvalue weighted by atomic mass is 35.5. The summed E-state index contributed by atoms with van der Waals surface area (Å²) in [5.41, 5.74) is 4.91. The number of carbonyl (C=O) groups excluding carboxylic acids is 2. The van der Waals surface area contributed by atoms with Crippen LogP contribution >= 0.6 is 11.6 Å². The van der Waals surface area contributed by atoms with Gasteiger partial charge in [-0.15, -0.1) is 0 Å². The second-order valence-electron chi connectivity index (χ2n) is 7.14. The number of esters is 1. The van der Waals surface area contributed by atoms with Gasteiger partial charge in [-0.3, -0.25) is 9.48 Å². The highest BCUT2D eigenvalue weighted by Crippen LogP contribution is 2.20. The number of benzene rings is 1. The van der Waals surface area contributed by atoms with Crippen molar-refractivity contribution in [2.75, 3.05) is 6.61 Å². The summed E-state index contributed by atoms with van der Waals surface area (Å²) in [7, 11) is 1.90. The Morgan fingerprint density at radius 1 is 1.10 bits per heavy atom. The maximum Gasteiger partial charge on any atom is 0.342 e. The zero-order valence-electron chi connectivity index (χ0n) is 17.2. The van der Waals surface area contributed by atoms with E-state index in [9.17, 15) is 9.59 Å². The van der Waals surface area contributed by atoms with E-state index in [1.54, 1.807) is 18.5 Å². The number of aromatic nitrogens is 3. The van der Waals surface area contributed by atoms with Crippen LogP contribution in [0.25, 0.3) is 0 Å². The van der Waals surface area contributed by atoms with Crippen molar-refractivity contribution in [1.29, 1.82) is 0 Å². The second-order valence-corrected chi connectivity index (χ2v) is 7.55. The lowest BCUT2D eigenvalue weighted by Gasteiger charge is -2.08. The smallest absolute Gasteiger partial charge is 0.342 e. The van der Waals surface area contributed by atoms with Crippen molar-refractivity contribution in [3.05, 3.63) is 74.8 Å². The van der Waals surface area contributed by atoms with Crippen LogP contribution in [0, 0.1) is 27.7 Å². The molecule has 0 aliphatic carbocycles. The second kappa shape index (κ2) is 8.25. The predicted octanol–water partition coefficient (Wildman–Crippen LogP) is 4.20. The van der Waals surface area contributed by atoms with Crippen molar-refractivity contribution in [1.82, 2.24) is 14.3 Å². The Morgan fingerprint density at radius 2 is 1.79 bits per heavy atom. The molecular formula is C22H24ClN3O3. The lowest BCUT2D eigenvalue weighted by molar-refractivity contribution is 0.0473. The lowest BCUT2D eigenvalue weighted by atomic mass is 10.1. The first-order valence-electron chi connectivity index (χ1n) is 9.31. The summed E-state index contributed by atoms with van der Waals surface area (Å²) in [4.78, 5) is 25.1.